The minimum atomic E-state index is -0.561. The molecule has 0 spiro atoms. The molecule has 5 rings (SSSR count). The van der Waals surface area contributed by atoms with Crippen molar-refractivity contribution in [2.24, 2.45) is 4.99 Å². The number of benzene rings is 1. The Hall–Kier alpha value is -3.05. The molecule has 3 amide bonds. The molecule has 2 atom stereocenters. The number of hydrogen-bond acceptors (Lipinski definition) is 9. The number of nitrogens with one attached hydrogen (secondary N) is 1. The standard InChI is InChI=1S/C24H29ClN8O2S/c1-15-13-16(2)27-22(26-15)36-12-11-33-19-20(30(3)24(35)29-21(19)34)28-23(33)32-9-7-31(8-10-32)18-6-4-5-17(25)14-18/h4-6,13-14,19-20H,7-12H2,1-3H3,(H,29,34,35). The topological polar surface area (TPSA) is 97.3 Å². The zero-order valence-corrected chi connectivity index (χ0v) is 22.1. The van der Waals surface area contributed by atoms with Crippen LogP contribution in [0.5, 0.6) is 0 Å². The summed E-state index contributed by atoms with van der Waals surface area (Å²) in [6.07, 6.45) is -0.547. The van der Waals surface area contributed by atoms with E-state index in [1.165, 1.54) is 4.90 Å². The van der Waals surface area contributed by atoms with E-state index < -0.39 is 18.2 Å². The van der Waals surface area contributed by atoms with E-state index in [0.29, 0.717) is 17.3 Å². The molecule has 190 valence electrons. The van der Waals surface area contributed by atoms with Crippen molar-refractivity contribution in [2.45, 2.75) is 31.2 Å². The van der Waals surface area contributed by atoms with Gasteiger partial charge in [-0.2, -0.15) is 0 Å². The number of anilines is 1. The quantitative estimate of drug-likeness (QED) is 0.466. The van der Waals surface area contributed by atoms with Gasteiger partial charge in [0.15, 0.2) is 23.3 Å². The van der Waals surface area contributed by atoms with Crippen LogP contribution in [0.4, 0.5) is 10.5 Å². The number of halogens is 1. The summed E-state index contributed by atoms with van der Waals surface area (Å²) in [5.74, 6) is 1.12. The van der Waals surface area contributed by atoms with E-state index in [9.17, 15) is 9.59 Å². The summed E-state index contributed by atoms with van der Waals surface area (Å²) in [7, 11) is 1.68. The molecule has 3 aliphatic heterocycles. The van der Waals surface area contributed by atoms with Crippen molar-refractivity contribution in [2.75, 3.05) is 50.4 Å². The molecule has 2 fully saturated rings. The van der Waals surface area contributed by atoms with Crippen LogP contribution in [0.3, 0.4) is 0 Å². The van der Waals surface area contributed by atoms with Crippen LogP contribution in [0.1, 0.15) is 11.4 Å². The van der Waals surface area contributed by atoms with Gasteiger partial charge in [0.05, 0.1) is 0 Å². The van der Waals surface area contributed by atoms with E-state index in [4.69, 9.17) is 16.6 Å². The van der Waals surface area contributed by atoms with Crippen LogP contribution in [0.15, 0.2) is 40.5 Å². The third-order valence-electron chi connectivity index (χ3n) is 6.60. The molecule has 1 aromatic carbocycles. The Morgan fingerprint density at radius 2 is 1.75 bits per heavy atom. The second-order valence-electron chi connectivity index (χ2n) is 9.12. The number of carbonyl (C=O) groups is 2. The molecule has 4 heterocycles. The van der Waals surface area contributed by atoms with Crippen molar-refractivity contribution in [3.63, 3.8) is 0 Å². The Morgan fingerprint density at radius 1 is 1.06 bits per heavy atom. The molecule has 2 saturated heterocycles. The van der Waals surface area contributed by atoms with E-state index in [-0.39, 0.29) is 5.91 Å². The lowest BCUT2D eigenvalue weighted by molar-refractivity contribution is -0.127. The molecular weight excluding hydrogens is 500 g/mol. The first kappa shape index (κ1) is 24.6. The van der Waals surface area contributed by atoms with Gasteiger partial charge in [0.1, 0.15) is 0 Å². The van der Waals surface area contributed by atoms with Crippen LogP contribution in [0, 0.1) is 13.8 Å². The van der Waals surface area contributed by atoms with Gasteiger partial charge in [-0.25, -0.2) is 19.8 Å². The molecule has 10 nitrogen and oxygen atoms in total. The normalized spacial score (nSPS) is 22.1. The molecule has 0 radical (unpaired) electrons. The molecule has 36 heavy (non-hydrogen) atoms. The number of likely N-dealkylation sites (N-methyl/N-ethyl adjacent to an activating group) is 1. The van der Waals surface area contributed by atoms with Crippen LogP contribution in [0.25, 0.3) is 0 Å². The van der Waals surface area contributed by atoms with Crippen molar-refractivity contribution < 1.29 is 9.59 Å². The average molecular weight is 529 g/mol. The number of aromatic nitrogens is 2. The average Bonchev–Trinajstić information content (AvgIpc) is 3.22. The van der Waals surface area contributed by atoms with E-state index in [0.717, 1.165) is 54.4 Å². The van der Waals surface area contributed by atoms with Crippen LogP contribution < -0.4 is 10.2 Å². The zero-order valence-electron chi connectivity index (χ0n) is 20.5. The summed E-state index contributed by atoms with van der Waals surface area (Å²) in [5, 5.41) is 3.91. The van der Waals surface area contributed by atoms with Gasteiger partial charge in [0, 0.05) is 67.6 Å². The SMILES string of the molecule is Cc1cc(C)nc(SCCN2C(N3CCN(c4cccc(Cl)c4)CC3)=NC3C2C(=O)NC(=O)N3C)n1. The molecule has 0 bridgehead atoms. The van der Waals surface area contributed by atoms with Gasteiger partial charge in [-0.15, -0.1) is 0 Å². The van der Waals surface area contributed by atoms with Crippen LogP contribution >= 0.6 is 23.4 Å². The molecule has 0 saturated carbocycles. The number of aliphatic imine (C=N–C) groups is 1. The van der Waals surface area contributed by atoms with Gasteiger partial charge in [0.2, 0.25) is 0 Å². The van der Waals surface area contributed by atoms with Gasteiger partial charge < -0.3 is 19.6 Å². The van der Waals surface area contributed by atoms with E-state index in [1.54, 1.807) is 18.8 Å². The lowest BCUT2D eigenvalue weighted by atomic mass is 10.1. The molecular formula is C24H29ClN8O2S. The van der Waals surface area contributed by atoms with Crippen molar-refractivity contribution in [1.82, 2.24) is 30.0 Å². The Labute approximate surface area is 219 Å². The maximum Gasteiger partial charge on any atom is 0.325 e. The summed E-state index contributed by atoms with van der Waals surface area (Å²) in [6.45, 7) is 7.57. The molecule has 0 aliphatic carbocycles. The molecule has 2 aromatic rings. The van der Waals surface area contributed by atoms with Crippen LogP contribution in [-0.2, 0) is 4.79 Å². The summed E-state index contributed by atoms with van der Waals surface area (Å²) < 4.78 is 0. The number of thioether (sulfide) groups is 1. The summed E-state index contributed by atoms with van der Waals surface area (Å²) >= 11 is 7.75. The Bertz CT molecular complexity index is 1180. The monoisotopic (exact) mass is 528 g/mol. The highest BCUT2D eigenvalue weighted by Gasteiger charge is 2.49. The number of hydrogen-bond donors (Lipinski definition) is 1. The Balaban J connectivity index is 1.32. The smallest absolute Gasteiger partial charge is 0.325 e. The first-order valence-electron chi connectivity index (χ1n) is 11.9. The first-order chi connectivity index (χ1) is 17.3. The second-order valence-corrected chi connectivity index (χ2v) is 10.6. The Kier molecular flexibility index (Phi) is 6.94. The highest BCUT2D eigenvalue weighted by atomic mass is 35.5. The van der Waals surface area contributed by atoms with Gasteiger partial charge in [-0.1, -0.05) is 29.4 Å². The maximum atomic E-state index is 12.9. The minimum absolute atomic E-state index is 0.313. The molecule has 12 heteroatoms. The van der Waals surface area contributed by atoms with Gasteiger partial charge in [-0.3, -0.25) is 10.1 Å². The number of aryl methyl sites for hydroxylation is 2. The van der Waals surface area contributed by atoms with Crippen molar-refractivity contribution in [1.29, 1.82) is 0 Å². The predicted octanol–water partition coefficient (Wildman–Crippen LogP) is 2.21. The van der Waals surface area contributed by atoms with Crippen molar-refractivity contribution >= 4 is 46.9 Å². The Morgan fingerprint density at radius 3 is 2.44 bits per heavy atom. The van der Waals surface area contributed by atoms with E-state index in [2.05, 4.69) is 31.2 Å². The predicted molar refractivity (Wildman–Crippen MR) is 140 cm³/mol. The zero-order chi connectivity index (χ0) is 25.4. The highest BCUT2D eigenvalue weighted by molar-refractivity contribution is 7.99. The summed E-state index contributed by atoms with van der Waals surface area (Å²) in [6, 6.07) is 8.83. The van der Waals surface area contributed by atoms with Crippen LogP contribution in [0.2, 0.25) is 5.02 Å². The van der Waals surface area contributed by atoms with Crippen molar-refractivity contribution in [3.05, 3.63) is 46.7 Å². The third kappa shape index (κ3) is 4.94. The lowest BCUT2D eigenvalue weighted by Gasteiger charge is -2.41. The fourth-order valence-corrected chi connectivity index (χ4v) is 5.92. The molecule has 1 aromatic heterocycles. The largest absolute Gasteiger partial charge is 0.368 e. The number of fused-ring (bicyclic) bond motifs is 1. The number of rotatable bonds is 5. The molecule has 1 N–H and O–H groups in total. The number of amides is 3. The number of piperazine rings is 1. The number of guanidine groups is 1. The first-order valence-corrected chi connectivity index (χ1v) is 13.3. The van der Waals surface area contributed by atoms with Gasteiger partial charge >= 0.3 is 6.03 Å². The second kappa shape index (κ2) is 10.1. The minimum Gasteiger partial charge on any atom is -0.368 e. The van der Waals surface area contributed by atoms with Crippen LogP contribution in [-0.4, -0.2) is 100 Å². The molecule has 3 aliphatic rings. The van der Waals surface area contributed by atoms with Crippen molar-refractivity contribution in [3.8, 4) is 0 Å². The maximum absolute atomic E-state index is 12.9. The van der Waals surface area contributed by atoms with Gasteiger partial charge in [-0.05, 0) is 38.1 Å². The number of nitrogens with zero attached hydrogens (tertiary/aromatic N) is 7. The lowest BCUT2D eigenvalue weighted by Crippen LogP contribution is -2.64. The summed E-state index contributed by atoms with van der Waals surface area (Å²) in [4.78, 5) is 47.2. The highest BCUT2D eigenvalue weighted by Crippen LogP contribution is 2.28. The molecule has 2 unspecified atom stereocenters. The number of carbonyl (C=O) groups excluding carboxylic acids is 2. The fraction of sp³-hybridized carbons (Fsp3) is 0.458. The number of urea groups is 1. The number of imide groups is 1. The van der Waals surface area contributed by atoms with E-state index in [1.807, 2.05) is 43.0 Å². The van der Waals surface area contributed by atoms with E-state index >= 15 is 0 Å². The summed E-state index contributed by atoms with van der Waals surface area (Å²) in [5.41, 5.74) is 2.95. The third-order valence-corrected chi connectivity index (χ3v) is 7.66. The fourth-order valence-electron chi connectivity index (χ4n) is 4.84. The van der Waals surface area contributed by atoms with Gasteiger partial charge in [0.25, 0.3) is 5.91 Å².